The predicted octanol–water partition coefficient (Wildman–Crippen LogP) is 3.43. The second-order valence-electron chi connectivity index (χ2n) is 4.78. The third kappa shape index (κ3) is 3.53. The van der Waals surface area contributed by atoms with Gasteiger partial charge in [0.05, 0.1) is 5.56 Å². The first-order valence-corrected chi connectivity index (χ1v) is 6.38. The molecular weight excluding hydrogens is 285 g/mol. The monoisotopic (exact) mass is 301 g/mol. The maximum absolute atomic E-state index is 13.6. The normalized spacial score (nSPS) is 13.3. The highest BCUT2D eigenvalue weighted by atomic mass is 79.9. The molecule has 4 heteroatoms. The number of carbonyl (C=O) groups excluding carboxylic acids is 1. The Kier molecular flexibility index (Phi) is 4.31. The number of hydrogen-bond acceptors (Lipinski definition) is 1. The van der Waals surface area contributed by atoms with Gasteiger partial charge in [-0.25, -0.2) is 4.39 Å². The zero-order chi connectivity index (χ0) is 13.2. The number of alkyl halides is 1. The lowest BCUT2D eigenvalue weighted by Crippen LogP contribution is -2.49. The topological polar surface area (TPSA) is 29.1 Å². The second kappa shape index (κ2) is 5.17. The van der Waals surface area contributed by atoms with E-state index in [4.69, 9.17) is 0 Å². The SMILES string of the molecule is Cc1ccc(C(=O)NC(C)(C)C(C)Br)c(F)c1. The average Bonchev–Trinajstić information content (AvgIpc) is 2.15. The molecule has 0 aliphatic carbocycles. The number of aryl methyl sites for hydroxylation is 1. The standard InChI is InChI=1S/C13H17BrFNO/c1-8-5-6-10(11(15)7-8)12(17)16-13(3,4)9(2)14/h5-7,9H,1-4H3,(H,16,17). The van der Waals surface area contributed by atoms with E-state index in [1.807, 2.05) is 20.8 Å². The van der Waals surface area contributed by atoms with Gasteiger partial charge in [-0.15, -0.1) is 0 Å². The molecule has 17 heavy (non-hydrogen) atoms. The highest BCUT2D eigenvalue weighted by molar-refractivity contribution is 9.09. The maximum Gasteiger partial charge on any atom is 0.254 e. The van der Waals surface area contributed by atoms with Gasteiger partial charge in [0.15, 0.2) is 0 Å². The summed E-state index contributed by atoms with van der Waals surface area (Å²) in [5.41, 5.74) is 0.443. The third-order valence-corrected chi connectivity index (χ3v) is 3.94. The molecule has 0 spiro atoms. The number of amides is 1. The van der Waals surface area contributed by atoms with E-state index < -0.39 is 11.4 Å². The zero-order valence-electron chi connectivity index (χ0n) is 10.5. The summed E-state index contributed by atoms with van der Waals surface area (Å²) in [6.07, 6.45) is 0. The van der Waals surface area contributed by atoms with Crippen LogP contribution < -0.4 is 5.32 Å². The van der Waals surface area contributed by atoms with E-state index >= 15 is 0 Å². The molecule has 0 saturated carbocycles. The Bertz CT molecular complexity index is 429. The number of carbonyl (C=O) groups is 1. The van der Waals surface area contributed by atoms with Crippen LogP contribution in [0.2, 0.25) is 0 Å². The minimum Gasteiger partial charge on any atom is -0.346 e. The fourth-order valence-electron chi connectivity index (χ4n) is 1.26. The van der Waals surface area contributed by atoms with Gasteiger partial charge in [-0.05, 0) is 38.5 Å². The van der Waals surface area contributed by atoms with E-state index in [1.165, 1.54) is 12.1 Å². The lowest BCUT2D eigenvalue weighted by molar-refractivity contribution is 0.0910. The molecule has 1 N–H and O–H groups in total. The van der Waals surface area contributed by atoms with Crippen LogP contribution in [0.4, 0.5) is 4.39 Å². The molecular formula is C13H17BrFNO. The van der Waals surface area contributed by atoms with Crippen LogP contribution in [0.15, 0.2) is 18.2 Å². The molecule has 0 saturated heterocycles. The van der Waals surface area contributed by atoms with Crippen molar-refractivity contribution in [3.05, 3.63) is 35.1 Å². The third-order valence-electron chi connectivity index (χ3n) is 2.80. The molecule has 0 bridgehead atoms. The van der Waals surface area contributed by atoms with Gasteiger partial charge in [0.1, 0.15) is 5.82 Å². The van der Waals surface area contributed by atoms with Crippen molar-refractivity contribution in [2.75, 3.05) is 0 Å². The lowest BCUT2D eigenvalue weighted by Gasteiger charge is -2.29. The summed E-state index contributed by atoms with van der Waals surface area (Å²) < 4.78 is 13.6. The average molecular weight is 302 g/mol. The summed E-state index contributed by atoms with van der Waals surface area (Å²) in [6, 6.07) is 4.59. The minimum absolute atomic E-state index is 0.0804. The van der Waals surface area contributed by atoms with Crippen LogP contribution >= 0.6 is 15.9 Å². The number of halogens is 2. The molecule has 0 aliphatic rings. The molecule has 0 heterocycles. The Balaban J connectivity index is 2.91. The van der Waals surface area contributed by atoms with Crippen molar-refractivity contribution in [3.8, 4) is 0 Å². The summed E-state index contributed by atoms with van der Waals surface area (Å²) in [5, 5.41) is 2.81. The Morgan fingerprint density at radius 3 is 2.53 bits per heavy atom. The molecule has 1 unspecified atom stereocenters. The first-order chi connectivity index (χ1) is 7.74. The van der Waals surface area contributed by atoms with Crippen LogP contribution in [0.25, 0.3) is 0 Å². The van der Waals surface area contributed by atoms with E-state index in [2.05, 4.69) is 21.2 Å². The molecule has 0 aromatic heterocycles. The highest BCUT2D eigenvalue weighted by Crippen LogP contribution is 2.18. The lowest BCUT2D eigenvalue weighted by atomic mass is 10.0. The second-order valence-corrected chi connectivity index (χ2v) is 6.15. The molecule has 1 atom stereocenters. The number of benzene rings is 1. The Labute approximate surface area is 110 Å². The Morgan fingerprint density at radius 2 is 2.06 bits per heavy atom. The van der Waals surface area contributed by atoms with Crippen molar-refractivity contribution >= 4 is 21.8 Å². The van der Waals surface area contributed by atoms with Crippen molar-refractivity contribution in [2.45, 2.75) is 38.1 Å². The fourth-order valence-corrected chi connectivity index (χ4v) is 1.38. The van der Waals surface area contributed by atoms with Crippen molar-refractivity contribution in [3.63, 3.8) is 0 Å². The summed E-state index contributed by atoms with van der Waals surface area (Å²) in [4.78, 5) is 12.0. The van der Waals surface area contributed by atoms with E-state index in [9.17, 15) is 9.18 Å². The van der Waals surface area contributed by atoms with E-state index in [-0.39, 0.29) is 16.3 Å². The number of rotatable bonds is 3. The highest BCUT2D eigenvalue weighted by Gasteiger charge is 2.27. The fraction of sp³-hybridized carbons (Fsp3) is 0.462. The predicted molar refractivity (Wildman–Crippen MR) is 71.1 cm³/mol. The van der Waals surface area contributed by atoms with Gasteiger partial charge in [-0.2, -0.15) is 0 Å². The molecule has 0 fully saturated rings. The van der Waals surface area contributed by atoms with Crippen LogP contribution in [0.3, 0.4) is 0 Å². The van der Waals surface area contributed by atoms with Gasteiger partial charge in [0.25, 0.3) is 5.91 Å². The number of nitrogens with one attached hydrogen (secondary N) is 1. The summed E-state index contributed by atoms with van der Waals surface area (Å²) in [6.45, 7) is 7.49. The van der Waals surface area contributed by atoms with Gasteiger partial charge < -0.3 is 5.32 Å². The molecule has 0 radical (unpaired) electrons. The molecule has 2 nitrogen and oxygen atoms in total. The van der Waals surface area contributed by atoms with Gasteiger partial charge in [0, 0.05) is 10.4 Å². The van der Waals surface area contributed by atoms with Gasteiger partial charge in [0.2, 0.25) is 0 Å². The van der Waals surface area contributed by atoms with Gasteiger partial charge in [-0.3, -0.25) is 4.79 Å². The van der Waals surface area contributed by atoms with Crippen LogP contribution in [-0.4, -0.2) is 16.3 Å². The minimum atomic E-state index is -0.486. The van der Waals surface area contributed by atoms with Crippen LogP contribution in [0, 0.1) is 12.7 Å². The van der Waals surface area contributed by atoms with Gasteiger partial charge >= 0.3 is 0 Å². The van der Waals surface area contributed by atoms with Gasteiger partial charge in [-0.1, -0.05) is 28.9 Å². The van der Waals surface area contributed by atoms with E-state index in [0.29, 0.717) is 0 Å². The summed E-state index contributed by atoms with van der Waals surface area (Å²) >= 11 is 3.42. The zero-order valence-corrected chi connectivity index (χ0v) is 12.1. The van der Waals surface area contributed by atoms with E-state index in [0.717, 1.165) is 5.56 Å². The van der Waals surface area contributed by atoms with Crippen molar-refractivity contribution in [1.82, 2.24) is 5.32 Å². The summed E-state index contributed by atoms with van der Waals surface area (Å²) in [7, 11) is 0. The Hall–Kier alpha value is -0.900. The quantitative estimate of drug-likeness (QED) is 0.852. The van der Waals surface area contributed by atoms with Crippen molar-refractivity contribution in [1.29, 1.82) is 0 Å². The van der Waals surface area contributed by atoms with E-state index in [1.54, 1.807) is 13.0 Å². The molecule has 94 valence electrons. The molecule has 1 amide bonds. The first-order valence-electron chi connectivity index (χ1n) is 5.47. The first kappa shape index (κ1) is 14.2. The largest absolute Gasteiger partial charge is 0.346 e. The van der Waals surface area contributed by atoms with Crippen LogP contribution in [0.5, 0.6) is 0 Å². The van der Waals surface area contributed by atoms with Crippen molar-refractivity contribution < 1.29 is 9.18 Å². The molecule has 1 rings (SSSR count). The van der Waals surface area contributed by atoms with Crippen LogP contribution in [0.1, 0.15) is 36.7 Å². The smallest absolute Gasteiger partial charge is 0.254 e. The molecule has 1 aromatic carbocycles. The van der Waals surface area contributed by atoms with Crippen molar-refractivity contribution in [2.24, 2.45) is 0 Å². The Morgan fingerprint density at radius 1 is 1.47 bits per heavy atom. The molecule has 0 aliphatic heterocycles. The number of hydrogen-bond donors (Lipinski definition) is 1. The maximum atomic E-state index is 13.6. The van der Waals surface area contributed by atoms with Crippen LogP contribution in [-0.2, 0) is 0 Å². The molecule has 1 aromatic rings. The summed E-state index contributed by atoms with van der Waals surface area (Å²) in [5.74, 6) is -0.876.